The van der Waals surface area contributed by atoms with Crippen molar-refractivity contribution in [2.45, 2.75) is 44.6 Å². The van der Waals surface area contributed by atoms with Crippen molar-refractivity contribution in [3.8, 4) is 0 Å². The Hall–Kier alpha value is -0.160. The molecule has 3 nitrogen and oxygen atoms in total. The zero-order chi connectivity index (χ0) is 12.7. The molecule has 0 unspecified atom stereocenters. The minimum absolute atomic E-state index is 0. The minimum Gasteiger partial charge on any atom is -0.317 e. The van der Waals surface area contributed by atoms with Gasteiger partial charge in [-0.15, -0.1) is 23.7 Å². The molecule has 1 aliphatic carbocycles. The number of nitrogens with one attached hydrogen (secondary N) is 1. The number of nitrogens with zero attached hydrogens (tertiary/aromatic N) is 2. The predicted octanol–water partition coefficient (Wildman–Crippen LogP) is 3.02. The van der Waals surface area contributed by atoms with E-state index in [4.69, 9.17) is 4.98 Å². The van der Waals surface area contributed by atoms with Crippen molar-refractivity contribution < 1.29 is 0 Å². The van der Waals surface area contributed by atoms with Gasteiger partial charge in [0, 0.05) is 24.4 Å². The summed E-state index contributed by atoms with van der Waals surface area (Å²) in [6.45, 7) is 6.09. The smallest absolute Gasteiger partial charge is 0.0959 e. The maximum Gasteiger partial charge on any atom is 0.0959 e. The van der Waals surface area contributed by atoms with Crippen LogP contribution in [0.1, 0.15) is 48.7 Å². The third-order valence-corrected chi connectivity index (χ3v) is 6.12. The highest BCUT2D eigenvalue weighted by molar-refractivity contribution is 7.09. The number of halogens is 1. The molecule has 1 saturated carbocycles. The van der Waals surface area contributed by atoms with Crippen molar-refractivity contribution in [2.24, 2.45) is 5.41 Å². The molecule has 3 fully saturated rings. The molecule has 5 heteroatoms. The van der Waals surface area contributed by atoms with Crippen LogP contribution in [0.5, 0.6) is 0 Å². The van der Waals surface area contributed by atoms with Crippen LogP contribution in [-0.4, -0.2) is 36.1 Å². The van der Waals surface area contributed by atoms with Gasteiger partial charge in [-0.05, 0) is 57.2 Å². The van der Waals surface area contributed by atoms with E-state index in [-0.39, 0.29) is 12.4 Å². The Kier molecular flexibility index (Phi) is 4.37. The van der Waals surface area contributed by atoms with Crippen molar-refractivity contribution in [1.82, 2.24) is 15.2 Å². The van der Waals surface area contributed by atoms with Crippen molar-refractivity contribution in [1.29, 1.82) is 0 Å². The molecule has 1 aromatic rings. The van der Waals surface area contributed by atoms with E-state index in [1.165, 1.54) is 69.0 Å². The summed E-state index contributed by atoms with van der Waals surface area (Å²) in [5.41, 5.74) is 1.94. The second-order valence-corrected chi connectivity index (χ2v) is 7.55. The summed E-state index contributed by atoms with van der Waals surface area (Å²) >= 11 is 1.88. The van der Waals surface area contributed by atoms with Crippen LogP contribution in [0.2, 0.25) is 0 Å². The number of thiazole rings is 1. The normalized spacial score (nSPS) is 25.8. The lowest BCUT2D eigenvalue weighted by atomic mass is 9.78. The van der Waals surface area contributed by atoms with Crippen LogP contribution in [0.3, 0.4) is 0 Å². The average molecular weight is 314 g/mol. The van der Waals surface area contributed by atoms with Gasteiger partial charge in [0.05, 0.1) is 10.7 Å². The molecule has 0 bridgehead atoms. The van der Waals surface area contributed by atoms with E-state index in [0.717, 1.165) is 12.5 Å². The summed E-state index contributed by atoms with van der Waals surface area (Å²) in [5, 5.41) is 7.18. The number of hydrogen-bond donors (Lipinski definition) is 1. The summed E-state index contributed by atoms with van der Waals surface area (Å²) in [6.07, 6.45) is 6.87. The molecule has 0 aromatic carbocycles. The van der Waals surface area contributed by atoms with E-state index in [0.29, 0.717) is 5.41 Å². The topological polar surface area (TPSA) is 28.2 Å². The second-order valence-electron chi connectivity index (χ2n) is 6.66. The molecule has 1 N–H and O–H groups in total. The van der Waals surface area contributed by atoms with Gasteiger partial charge in [-0.3, -0.25) is 4.90 Å². The van der Waals surface area contributed by atoms with E-state index in [1.807, 2.05) is 11.3 Å². The Balaban J connectivity index is 0.00000121. The predicted molar refractivity (Wildman–Crippen MR) is 85.8 cm³/mol. The van der Waals surface area contributed by atoms with Crippen LogP contribution in [0.25, 0.3) is 0 Å². The van der Waals surface area contributed by atoms with Crippen molar-refractivity contribution in [3.63, 3.8) is 0 Å². The Morgan fingerprint density at radius 3 is 2.85 bits per heavy atom. The highest BCUT2D eigenvalue weighted by atomic mass is 35.5. The first-order valence-corrected chi connectivity index (χ1v) is 8.58. The van der Waals surface area contributed by atoms with Gasteiger partial charge in [0.15, 0.2) is 0 Å². The lowest BCUT2D eigenvalue weighted by Crippen LogP contribution is -2.38. The fourth-order valence-corrected chi connectivity index (χ4v) is 4.65. The van der Waals surface area contributed by atoms with E-state index >= 15 is 0 Å². The first kappa shape index (κ1) is 14.8. The third kappa shape index (κ3) is 3.03. The van der Waals surface area contributed by atoms with Gasteiger partial charge in [0.2, 0.25) is 0 Å². The monoisotopic (exact) mass is 313 g/mol. The maximum atomic E-state index is 4.83. The highest BCUT2D eigenvalue weighted by Crippen LogP contribution is 2.42. The lowest BCUT2D eigenvalue weighted by molar-refractivity contribution is 0.193. The summed E-state index contributed by atoms with van der Waals surface area (Å²) < 4.78 is 0. The lowest BCUT2D eigenvalue weighted by Gasteiger charge is -2.33. The molecule has 1 aromatic heterocycles. The average Bonchev–Trinajstić information content (AvgIpc) is 3.07. The SMILES string of the molecule is Cl.c1sc(C2CC2)nc1CN1CCC2(CCNCC2)C1. The van der Waals surface area contributed by atoms with Gasteiger partial charge in [-0.2, -0.15) is 0 Å². The summed E-state index contributed by atoms with van der Waals surface area (Å²) in [5.74, 6) is 0.813. The molecule has 20 heavy (non-hydrogen) atoms. The maximum absolute atomic E-state index is 4.83. The van der Waals surface area contributed by atoms with Crippen molar-refractivity contribution in [2.75, 3.05) is 26.2 Å². The highest BCUT2D eigenvalue weighted by Gasteiger charge is 2.38. The summed E-state index contributed by atoms with van der Waals surface area (Å²) in [6, 6.07) is 0. The van der Waals surface area contributed by atoms with Gasteiger partial charge in [0.1, 0.15) is 0 Å². The fraction of sp³-hybridized carbons (Fsp3) is 0.800. The number of aromatic nitrogens is 1. The zero-order valence-corrected chi connectivity index (χ0v) is 13.6. The molecular formula is C15H24ClN3S. The first-order valence-electron chi connectivity index (χ1n) is 7.70. The van der Waals surface area contributed by atoms with Crippen molar-refractivity contribution >= 4 is 23.7 Å². The molecule has 3 aliphatic rings. The van der Waals surface area contributed by atoms with Gasteiger partial charge < -0.3 is 5.32 Å². The minimum atomic E-state index is 0. The Morgan fingerprint density at radius 1 is 1.30 bits per heavy atom. The molecular weight excluding hydrogens is 290 g/mol. The first-order chi connectivity index (χ1) is 9.33. The second kappa shape index (κ2) is 5.91. The molecule has 112 valence electrons. The van der Waals surface area contributed by atoms with Gasteiger partial charge in [0.25, 0.3) is 0 Å². The van der Waals surface area contributed by atoms with Gasteiger partial charge in [-0.1, -0.05) is 0 Å². The van der Waals surface area contributed by atoms with Crippen LogP contribution in [0.4, 0.5) is 0 Å². The van der Waals surface area contributed by atoms with Gasteiger partial charge >= 0.3 is 0 Å². The summed E-state index contributed by atoms with van der Waals surface area (Å²) in [7, 11) is 0. The van der Waals surface area contributed by atoms with Crippen LogP contribution < -0.4 is 5.32 Å². The largest absolute Gasteiger partial charge is 0.317 e. The van der Waals surface area contributed by atoms with Crippen LogP contribution in [0.15, 0.2) is 5.38 Å². The fourth-order valence-electron chi connectivity index (χ4n) is 3.67. The molecule has 1 spiro atoms. The van der Waals surface area contributed by atoms with Crippen molar-refractivity contribution in [3.05, 3.63) is 16.1 Å². The Bertz CT molecular complexity index is 452. The van der Waals surface area contributed by atoms with E-state index in [1.54, 1.807) is 0 Å². The Labute approximate surface area is 131 Å². The van der Waals surface area contributed by atoms with E-state index in [2.05, 4.69) is 15.6 Å². The number of rotatable bonds is 3. The summed E-state index contributed by atoms with van der Waals surface area (Å²) in [4.78, 5) is 7.47. The number of likely N-dealkylation sites (tertiary alicyclic amines) is 1. The molecule has 4 rings (SSSR count). The molecule has 3 heterocycles. The van der Waals surface area contributed by atoms with Crippen LogP contribution in [-0.2, 0) is 6.54 Å². The molecule has 2 aliphatic heterocycles. The van der Waals surface area contributed by atoms with E-state index < -0.39 is 0 Å². The Morgan fingerprint density at radius 2 is 2.10 bits per heavy atom. The molecule has 0 atom stereocenters. The standard InChI is InChI=1S/C15H23N3S.ClH/c1-2-12(1)14-17-13(10-19-14)9-18-8-5-15(11-18)3-6-16-7-4-15;/h10,12,16H,1-9,11H2;1H. The van der Waals surface area contributed by atoms with Crippen LogP contribution >= 0.6 is 23.7 Å². The molecule has 2 saturated heterocycles. The molecule has 0 radical (unpaired) electrons. The van der Waals surface area contributed by atoms with E-state index in [9.17, 15) is 0 Å². The number of piperidine rings is 1. The van der Waals surface area contributed by atoms with Gasteiger partial charge in [-0.25, -0.2) is 4.98 Å². The third-order valence-electron chi connectivity index (χ3n) is 5.06. The quantitative estimate of drug-likeness (QED) is 0.930. The number of hydrogen-bond acceptors (Lipinski definition) is 4. The zero-order valence-electron chi connectivity index (χ0n) is 11.9. The van der Waals surface area contributed by atoms with Crippen LogP contribution in [0, 0.1) is 5.41 Å². The molecule has 0 amide bonds.